The molecule has 1 aliphatic rings. The van der Waals surface area contributed by atoms with Crippen LogP contribution >= 0.6 is 0 Å². The molecular weight excluding hydrogens is 305 g/mol. The fraction of sp³-hybridized carbons (Fsp3) is 0.125. The van der Waals surface area contributed by atoms with Crippen LogP contribution in [0.1, 0.15) is 22.5 Å². The highest BCUT2D eigenvalue weighted by molar-refractivity contribution is 6.36. The van der Waals surface area contributed by atoms with Crippen molar-refractivity contribution in [1.29, 1.82) is 5.41 Å². The predicted molar refractivity (Wildman–Crippen MR) is 80.5 cm³/mol. The maximum Gasteiger partial charge on any atom is 0.416 e. The van der Waals surface area contributed by atoms with Gasteiger partial charge in [0.15, 0.2) is 0 Å². The second-order valence-electron chi connectivity index (χ2n) is 4.93. The number of fused-ring (bicyclic) bond motifs is 1. The second kappa shape index (κ2) is 5.75. The number of allylic oxidation sites excluding steroid dienone is 1. The Kier molecular flexibility index (Phi) is 3.77. The number of alkyl halides is 3. The van der Waals surface area contributed by atoms with Crippen LogP contribution in [0.2, 0.25) is 0 Å². The van der Waals surface area contributed by atoms with Crippen LogP contribution in [0.3, 0.4) is 0 Å². The number of hydrogen-bond acceptors (Lipinski definition) is 4. The summed E-state index contributed by atoms with van der Waals surface area (Å²) in [5.74, 6) is 0. The average molecular weight is 316 g/mol. The third-order valence-corrected chi connectivity index (χ3v) is 3.42. The molecular formula is C16H11F3N4. The molecule has 116 valence electrons. The Morgan fingerprint density at radius 3 is 2.74 bits per heavy atom. The zero-order valence-electron chi connectivity index (χ0n) is 11.8. The first kappa shape index (κ1) is 15.1. The minimum absolute atomic E-state index is 0.00671. The van der Waals surface area contributed by atoms with Crippen LogP contribution in [0.15, 0.2) is 47.9 Å². The van der Waals surface area contributed by atoms with Crippen LogP contribution in [0.25, 0.3) is 5.57 Å². The zero-order valence-corrected chi connectivity index (χ0v) is 11.8. The van der Waals surface area contributed by atoms with Gasteiger partial charge < -0.3 is 5.41 Å². The molecule has 2 aromatic heterocycles. The molecule has 0 aliphatic heterocycles. The lowest BCUT2D eigenvalue weighted by molar-refractivity contribution is -0.137. The molecule has 2 aromatic rings. The van der Waals surface area contributed by atoms with E-state index in [1.807, 2.05) is 12.1 Å². The number of aromatic nitrogens is 2. The summed E-state index contributed by atoms with van der Waals surface area (Å²) in [7, 11) is 0. The van der Waals surface area contributed by atoms with Gasteiger partial charge in [0.05, 0.1) is 17.0 Å². The molecule has 0 bridgehead atoms. The SMILES string of the molecule is N=CC(=N/C=C1\Cc2cccnc21)c1cc(C(F)(F)F)ccn1. The zero-order chi connectivity index (χ0) is 16.4. The summed E-state index contributed by atoms with van der Waals surface area (Å²) in [6.07, 6.45) is 1.38. The average Bonchev–Trinajstić information content (AvgIpc) is 2.51. The third-order valence-electron chi connectivity index (χ3n) is 3.42. The van der Waals surface area contributed by atoms with Gasteiger partial charge in [-0.2, -0.15) is 13.2 Å². The first-order valence-corrected chi connectivity index (χ1v) is 6.74. The summed E-state index contributed by atoms with van der Waals surface area (Å²) in [5.41, 5.74) is 2.06. The van der Waals surface area contributed by atoms with E-state index in [-0.39, 0.29) is 11.4 Å². The van der Waals surface area contributed by atoms with Crippen molar-refractivity contribution in [3.05, 3.63) is 65.4 Å². The fourth-order valence-corrected chi connectivity index (χ4v) is 2.23. The van der Waals surface area contributed by atoms with E-state index in [9.17, 15) is 13.2 Å². The van der Waals surface area contributed by atoms with Crippen LogP contribution in [0, 0.1) is 5.41 Å². The number of pyridine rings is 2. The summed E-state index contributed by atoms with van der Waals surface area (Å²) in [6.45, 7) is 0. The van der Waals surface area contributed by atoms with Crippen LogP contribution < -0.4 is 0 Å². The fourth-order valence-electron chi connectivity index (χ4n) is 2.23. The Morgan fingerprint density at radius 2 is 2.04 bits per heavy atom. The van der Waals surface area contributed by atoms with Gasteiger partial charge in [-0.05, 0) is 23.8 Å². The van der Waals surface area contributed by atoms with Gasteiger partial charge in [0, 0.05) is 36.8 Å². The minimum atomic E-state index is -4.46. The second-order valence-corrected chi connectivity index (χ2v) is 4.93. The normalized spacial score (nSPS) is 16.0. The lowest BCUT2D eigenvalue weighted by Crippen LogP contribution is -2.11. The Labute approximate surface area is 129 Å². The van der Waals surface area contributed by atoms with Gasteiger partial charge in [-0.25, -0.2) is 0 Å². The highest BCUT2D eigenvalue weighted by Gasteiger charge is 2.31. The Morgan fingerprint density at radius 1 is 1.22 bits per heavy atom. The van der Waals surface area contributed by atoms with E-state index in [1.165, 1.54) is 6.20 Å². The smallest absolute Gasteiger partial charge is 0.306 e. The summed E-state index contributed by atoms with van der Waals surface area (Å²) >= 11 is 0. The summed E-state index contributed by atoms with van der Waals surface area (Å²) in [4.78, 5) is 12.2. The highest BCUT2D eigenvalue weighted by Crippen LogP contribution is 2.32. The lowest BCUT2D eigenvalue weighted by Gasteiger charge is -2.19. The molecule has 3 rings (SSSR count). The van der Waals surface area contributed by atoms with Crippen molar-refractivity contribution in [2.45, 2.75) is 12.6 Å². The van der Waals surface area contributed by atoms with Crippen LogP contribution in [0.4, 0.5) is 13.2 Å². The van der Waals surface area contributed by atoms with Gasteiger partial charge in [-0.15, -0.1) is 0 Å². The topological polar surface area (TPSA) is 62.0 Å². The monoisotopic (exact) mass is 316 g/mol. The minimum Gasteiger partial charge on any atom is -0.306 e. The van der Waals surface area contributed by atoms with Gasteiger partial charge in [-0.3, -0.25) is 15.0 Å². The van der Waals surface area contributed by atoms with Crippen LogP contribution in [0.5, 0.6) is 0 Å². The number of rotatable bonds is 3. The van der Waals surface area contributed by atoms with Crippen molar-refractivity contribution in [2.24, 2.45) is 4.99 Å². The summed E-state index contributed by atoms with van der Waals surface area (Å²) < 4.78 is 38.2. The first-order valence-electron chi connectivity index (χ1n) is 6.74. The van der Waals surface area contributed by atoms with Gasteiger partial charge in [0.1, 0.15) is 5.71 Å². The molecule has 0 atom stereocenters. The maximum atomic E-state index is 12.7. The Hall–Kier alpha value is -2.83. The van der Waals surface area contributed by atoms with Crippen molar-refractivity contribution in [1.82, 2.24) is 9.97 Å². The molecule has 1 aliphatic carbocycles. The number of halogens is 3. The molecule has 0 fully saturated rings. The standard InChI is InChI=1S/C16H11F3N4/c17-16(18,19)12-3-5-21-13(7-12)14(8-20)23-9-11-6-10-2-1-4-22-15(10)11/h1-5,7-9,20H,6H2/b11-9+,20-8?,23-14?. The molecule has 4 nitrogen and oxygen atoms in total. The molecule has 0 radical (unpaired) electrons. The van der Waals surface area contributed by atoms with E-state index in [0.29, 0.717) is 6.42 Å². The molecule has 0 amide bonds. The van der Waals surface area contributed by atoms with E-state index in [0.717, 1.165) is 41.4 Å². The largest absolute Gasteiger partial charge is 0.416 e. The van der Waals surface area contributed by atoms with Crippen molar-refractivity contribution in [3.8, 4) is 0 Å². The van der Waals surface area contributed by atoms with Gasteiger partial charge >= 0.3 is 6.18 Å². The van der Waals surface area contributed by atoms with Gasteiger partial charge in [0.25, 0.3) is 0 Å². The third kappa shape index (κ3) is 3.03. The van der Waals surface area contributed by atoms with Crippen LogP contribution in [-0.4, -0.2) is 21.9 Å². The predicted octanol–water partition coefficient (Wildman–Crippen LogP) is 3.53. The Balaban J connectivity index is 1.91. The summed E-state index contributed by atoms with van der Waals surface area (Å²) in [5, 5.41) is 7.37. The van der Waals surface area contributed by atoms with Crippen molar-refractivity contribution in [2.75, 3.05) is 0 Å². The molecule has 0 aromatic carbocycles. The molecule has 0 unspecified atom stereocenters. The maximum absolute atomic E-state index is 12.7. The van der Waals surface area contributed by atoms with Crippen molar-refractivity contribution >= 4 is 17.5 Å². The number of aliphatic imine (C=N–C) groups is 1. The molecule has 0 spiro atoms. The Bertz CT molecular complexity index is 822. The quantitative estimate of drug-likeness (QED) is 0.881. The number of nitrogens with zero attached hydrogens (tertiary/aromatic N) is 3. The molecule has 2 heterocycles. The van der Waals surface area contributed by atoms with E-state index < -0.39 is 11.7 Å². The number of nitrogens with one attached hydrogen (secondary N) is 1. The molecule has 1 N–H and O–H groups in total. The van der Waals surface area contributed by atoms with E-state index >= 15 is 0 Å². The summed E-state index contributed by atoms with van der Waals surface area (Å²) in [6, 6.07) is 5.56. The van der Waals surface area contributed by atoms with Crippen molar-refractivity contribution in [3.63, 3.8) is 0 Å². The van der Waals surface area contributed by atoms with Gasteiger partial charge in [-0.1, -0.05) is 6.07 Å². The number of hydrogen-bond donors (Lipinski definition) is 1. The first-order chi connectivity index (χ1) is 11.0. The van der Waals surface area contributed by atoms with Gasteiger partial charge in [0.2, 0.25) is 0 Å². The highest BCUT2D eigenvalue weighted by atomic mass is 19.4. The van der Waals surface area contributed by atoms with E-state index in [2.05, 4.69) is 15.0 Å². The molecule has 0 saturated heterocycles. The molecule has 23 heavy (non-hydrogen) atoms. The molecule has 0 saturated carbocycles. The lowest BCUT2D eigenvalue weighted by atomic mass is 9.89. The van der Waals surface area contributed by atoms with E-state index in [4.69, 9.17) is 5.41 Å². The van der Waals surface area contributed by atoms with E-state index in [1.54, 1.807) is 6.20 Å². The van der Waals surface area contributed by atoms with Crippen LogP contribution in [-0.2, 0) is 12.6 Å². The van der Waals surface area contributed by atoms with Crippen molar-refractivity contribution < 1.29 is 13.2 Å². The molecule has 7 heteroatoms.